The van der Waals surface area contributed by atoms with Crippen LogP contribution in [-0.4, -0.2) is 59.9 Å². The van der Waals surface area contributed by atoms with E-state index < -0.39 is 0 Å². The number of aromatic nitrogens is 2. The van der Waals surface area contributed by atoms with Crippen LogP contribution in [0.25, 0.3) is 22.0 Å². The van der Waals surface area contributed by atoms with Gasteiger partial charge in [0.2, 0.25) is 0 Å². The minimum atomic E-state index is -0.373. The van der Waals surface area contributed by atoms with Gasteiger partial charge in [-0.3, -0.25) is 19.9 Å². The molecule has 158 valence electrons. The highest BCUT2D eigenvalue weighted by atomic mass is 16.2. The number of anilines is 1. The Bertz CT molecular complexity index is 1250. The van der Waals surface area contributed by atoms with E-state index in [4.69, 9.17) is 0 Å². The number of piperazine rings is 1. The van der Waals surface area contributed by atoms with Crippen LogP contribution in [0.4, 0.5) is 5.69 Å². The second-order valence-corrected chi connectivity index (χ2v) is 8.35. The summed E-state index contributed by atoms with van der Waals surface area (Å²) in [5, 5.41) is 3.43. The van der Waals surface area contributed by atoms with Gasteiger partial charge in [0, 0.05) is 60.1 Å². The SMILES string of the molecule is Cc1ncc(N2CCN(C)CC2)cc1C1=C(c2c[nH]c3c(C)cccc23)C(=O)NC1=O. The summed E-state index contributed by atoms with van der Waals surface area (Å²) >= 11 is 0. The van der Waals surface area contributed by atoms with Gasteiger partial charge in [0.05, 0.1) is 23.0 Å². The highest BCUT2D eigenvalue weighted by molar-refractivity contribution is 6.50. The molecule has 2 aliphatic rings. The minimum absolute atomic E-state index is 0.369. The normalized spacial score (nSPS) is 17.7. The van der Waals surface area contributed by atoms with Gasteiger partial charge < -0.3 is 14.8 Å². The molecule has 1 aromatic carbocycles. The number of benzene rings is 1. The fourth-order valence-corrected chi connectivity index (χ4v) is 4.49. The molecule has 0 spiro atoms. The third-order valence-electron chi connectivity index (χ3n) is 6.33. The molecule has 0 bridgehead atoms. The average molecular weight is 415 g/mol. The first kappa shape index (κ1) is 19.5. The van der Waals surface area contributed by atoms with Gasteiger partial charge in [-0.05, 0) is 32.5 Å². The van der Waals surface area contributed by atoms with E-state index in [1.807, 2.05) is 50.5 Å². The van der Waals surface area contributed by atoms with Crippen molar-refractivity contribution in [3.8, 4) is 0 Å². The highest BCUT2D eigenvalue weighted by Crippen LogP contribution is 2.37. The van der Waals surface area contributed by atoms with Gasteiger partial charge >= 0.3 is 0 Å². The molecule has 0 saturated carbocycles. The molecule has 2 aromatic heterocycles. The number of aromatic amines is 1. The summed E-state index contributed by atoms with van der Waals surface area (Å²) in [6.07, 6.45) is 3.67. The average Bonchev–Trinajstić information content (AvgIpc) is 3.30. The summed E-state index contributed by atoms with van der Waals surface area (Å²) in [6, 6.07) is 7.96. The molecule has 7 nitrogen and oxygen atoms in total. The maximum atomic E-state index is 12.9. The van der Waals surface area contributed by atoms with Crippen LogP contribution in [0.3, 0.4) is 0 Å². The summed E-state index contributed by atoms with van der Waals surface area (Å²) < 4.78 is 0. The zero-order valence-electron chi connectivity index (χ0n) is 18.0. The van der Waals surface area contributed by atoms with Crippen LogP contribution in [0.2, 0.25) is 0 Å². The molecule has 2 N–H and O–H groups in total. The Morgan fingerprint density at radius 2 is 1.68 bits per heavy atom. The Morgan fingerprint density at radius 3 is 2.42 bits per heavy atom. The summed E-state index contributed by atoms with van der Waals surface area (Å²) in [7, 11) is 2.12. The predicted octanol–water partition coefficient (Wildman–Crippen LogP) is 2.50. The molecule has 1 fully saturated rings. The highest BCUT2D eigenvalue weighted by Gasteiger charge is 2.34. The van der Waals surface area contributed by atoms with Gasteiger partial charge in [-0.2, -0.15) is 0 Å². The lowest BCUT2D eigenvalue weighted by molar-refractivity contribution is -0.122. The van der Waals surface area contributed by atoms with E-state index in [0.717, 1.165) is 59.6 Å². The van der Waals surface area contributed by atoms with Crippen molar-refractivity contribution in [3.05, 3.63) is 59.0 Å². The molecular weight excluding hydrogens is 390 g/mol. The van der Waals surface area contributed by atoms with Crippen molar-refractivity contribution in [1.29, 1.82) is 0 Å². The monoisotopic (exact) mass is 415 g/mol. The molecule has 0 aliphatic carbocycles. The molecule has 1 saturated heterocycles. The maximum Gasteiger partial charge on any atom is 0.259 e. The molecule has 7 heteroatoms. The van der Waals surface area contributed by atoms with E-state index in [-0.39, 0.29) is 11.8 Å². The first-order chi connectivity index (χ1) is 14.9. The van der Waals surface area contributed by atoms with Crippen molar-refractivity contribution in [1.82, 2.24) is 20.2 Å². The quantitative estimate of drug-likeness (QED) is 0.643. The molecule has 0 unspecified atom stereocenters. The van der Waals surface area contributed by atoms with E-state index in [1.54, 1.807) is 0 Å². The fourth-order valence-electron chi connectivity index (χ4n) is 4.49. The molecule has 0 radical (unpaired) electrons. The number of nitrogens with zero attached hydrogens (tertiary/aromatic N) is 3. The second-order valence-electron chi connectivity index (χ2n) is 8.35. The number of rotatable bonds is 3. The van der Waals surface area contributed by atoms with Crippen molar-refractivity contribution < 1.29 is 9.59 Å². The number of carbonyl (C=O) groups excluding carboxylic acids is 2. The number of hydrogen-bond acceptors (Lipinski definition) is 5. The number of amides is 2. The number of H-pyrrole nitrogens is 1. The van der Waals surface area contributed by atoms with E-state index in [1.165, 1.54) is 0 Å². The summed E-state index contributed by atoms with van der Waals surface area (Å²) in [6.45, 7) is 7.66. The van der Waals surface area contributed by atoms with Gasteiger partial charge in [0.1, 0.15) is 0 Å². The lowest BCUT2D eigenvalue weighted by Gasteiger charge is -2.34. The van der Waals surface area contributed by atoms with Crippen LogP contribution in [-0.2, 0) is 9.59 Å². The molecular formula is C24H25N5O2. The Hall–Kier alpha value is -3.45. The standard InChI is InChI=1S/C24H25N5O2/c1-14-5-4-6-17-19(13-26-22(14)17)21-20(23(30)27-24(21)31)18-11-16(12-25-15(18)2)29-9-7-28(3)8-10-29/h4-6,11-13,26H,7-10H2,1-3H3,(H,27,30,31). The van der Waals surface area contributed by atoms with Crippen LogP contribution in [0, 0.1) is 13.8 Å². The van der Waals surface area contributed by atoms with E-state index in [2.05, 4.69) is 32.1 Å². The Balaban J connectivity index is 1.67. The van der Waals surface area contributed by atoms with Gasteiger partial charge in [-0.25, -0.2) is 0 Å². The number of pyridine rings is 1. The predicted molar refractivity (Wildman–Crippen MR) is 122 cm³/mol. The number of hydrogen-bond donors (Lipinski definition) is 2. The molecule has 31 heavy (non-hydrogen) atoms. The Kier molecular flexibility index (Phi) is 4.63. The van der Waals surface area contributed by atoms with Gasteiger partial charge in [0.25, 0.3) is 11.8 Å². The molecule has 3 aromatic rings. The van der Waals surface area contributed by atoms with Crippen LogP contribution < -0.4 is 10.2 Å². The molecule has 5 rings (SSSR count). The molecule has 0 atom stereocenters. The first-order valence-corrected chi connectivity index (χ1v) is 10.5. The van der Waals surface area contributed by atoms with Gasteiger partial charge in [0.15, 0.2) is 0 Å². The third kappa shape index (κ3) is 3.21. The van der Waals surface area contributed by atoms with E-state index in [9.17, 15) is 9.59 Å². The topological polar surface area (TPSA) is 81.3 Å². The largest absolute Gasteiger partial charge is 0.368 e. The maximum absolute atomic E-state index is 12.9. The van der Waals surface area contributed by atoms with E-state index >= 15 is 0 Å². The fraction of sp³-hybridized carbons (Fsp3) is 0.292. The van der Waals surface area contributed by atoms with Crippen LogP contribution in [0.15, 0.2) is 36.7 Å². The lowest BCUT2D eigenvalue weighted by atomic mass is 9.94. The van der Waals surface area contributed by atoms with Crippen molar-refractivity contribution in [2.24, 2.45) is 0 Å². The zero-order chi connectivity index (χ0) is 21.7. The van der Waals surface area contributed by atoms with Crippen LogP contribution in [0.1, 0.15) is 22.4 Å². The number of fused-ring (bicyclic) bond motifs is 1. The number of para-hydroxylation sites is 1. The number of nitrogens with one attached hydrogen (secondary N) is 2. The van der Waals surface area contributed by atoms with Crippen molar-refractivity contribution in [2.75, 3.05) is 38.1 Å². The Morgan fingerprint density at radius 1 is 0.968 bits per heavy atom. The summed E-state index contributed by atoms with van der Waals surface area (Å²) in [4.78, 5) is 38.2. The first-order valence-electron chi connectivity index (χ1n) is 10.5. The van der Waals surface area contributed by atoms with Crippen LogP contribution >= 0.6 is 0 Å². The smallest absolute Gasteiger partial charge is 0.259 e. The van der Waals surface area contributed by atoms with Crippen molar-refractivity contribution in [2.45, 2.75) is 13.8 Å². The minimum Gasteiger partial charge on any atom is -0.368 e. The van der Waals surface area contributed by atoms with Crippen molar-refractivity contribution in [3.63, 3.8) is 0 Å². The van der Waals surface area contributed by atoms with Crippen LogP contribution in [0.5, 0.6) is 0 Å². The third-order valence-corrected chi connectivity index (χ3v) is 6.33. The number of carbonyl (C=O) groups is 2. The molecule has 4 heterocycles. The summed E-state index contributed by atoms with van der Waals surface area (Å²) in [5.74, 6) is -0.741. The molecule has 2 aliphatic heterocycles. The summed E-state index contributed by atoms with van der Waals surface area (Å²) in [5.41, 5.74) is 6.01. The molecule has 2 amide bonds. The van der Waals surface area contributed by atoms with Gasteiger partial charge in [-0.1, -0.05) is 18.2 Å². The van der Waals surface area contributed by atoms with Crippen molar-refractivity contribution >= 4 is 39.6 Å². The number of likely N-dealkylation sites (N-methyl/N-ethyl adjacent to an activating group) is 1. The van der Waals surface area contributed by atoms with E-state index in [0.29, 0.717) is 16.7 Å². The number of imide groups is 1. The zero-order valence-corrected chi connectivity index (χ0v) is 18.0. The second kappa shape index (κ2) is 7.35. The number of aryl methyl sites for hydroxylation is 2. The lowest BCUT2D eigenvalue weighted by Crippen LogP contribution is -2.44. The Labute approximate surface area is 180 Å². The van der Waals surface area contributed by atoms with Gasteiger partial charge in [-0.15, -0.1) is 0 Å².